The van der Waals surface area contributed by atoms with Crippen LogP contribution in [0.15, 0.2) is 72.8 Å². The van der Waals surface area contributed by atoms with Crippen LogP contribution in [0.5, 0.6) is 34.8 Å². The van der Waals surface area contributed by atoms with Gasteiger partial charge in [0, 0.05) is 14.0 Å². The monoisotopic (exact) mass is 776 g/mol. The molecule has 0 aliphatic carbocycles. The van der Waals surface area contributed by atoms with Crippen molar-refractivity contribution in [3.8, 4) is 57.0 Å². The molecule has 15 nitrogen and oxygen atoms in total. The van der Waals surface area contributed by atoms with E-state index in [-0.39, 0.29) is 43.0 Å². The van der Waals surface area contributed by atoms with Gasteiger partial charge >= 0.3 is 0 Å². The highest BCUT2D eigenvalue weighted by molar-refractivity contribution is 6.02. The highest BCUT2D eigenvalue weighted by Gasteiger charge is 2.28. The second-order valence-corrected chi connectivity index (χ2v) is 12.9. The molecule has 2 amide bonds. The Hall–Kier alpha value is -6.74. The Labute approximate surface area is 329 Å². The van der Waals surface area contributed by atoms with E-state index in [4.69, 9.17) is 53.1 Å². The minimum Gasteiger partial charge on any atom is -0.493 e. The summed E-state index contributed by atoms with van der Waals surface area (Å²) in [5.74, 6) is 1.59. The zero-order valence-corrected chi connectivity index (χ0v) is 33.0. The first-order valence-electron chi connectivity index (χ1n) is 18.0. The van der Waals surface area contributed by atoms with Gasteiger partial charge in [0.25, 0.3) is 5.91 Å². The van der Waals surface area contributed by atoms with Crippen LogP contribution < -0.4 is 38.6 Å². The van der Waals surface area contributed by atoms with Crippen LogP contribution in [0.25, 0.3) is 44.1 Å². The van der Waals surface area contributed by atoms with E-state index >= 15 is 0 Å². The zero-order chi connectivity index (χ0) is 40.6. The lowest BCUT2D eigenvalue weighted by Gasteiger charge is -2.22. The molecular weight excluding hydrogens is 732 g/mol. The number of benzene rings is 4. The fraction of sp³-hybridized carbons (Fsp3) is 0.286. The molecule has 0 bridgehead atoms. The van der Waals surface area contributed by atoms with Gasteiger partial charge in [0.15, 0.2) is 23.0 Å². The molecule has 57 heavy (non-hydrogen) atoms. The van der Waals surface area contributed by atoms with Crippen molar-refractivity contribution >= 4 is 45.5 Å². The van der Waals surface area contributed by atoms with Gasteiger partial charge < -0.3 is 38.5 Å². The number of hydrogen-bond donors (Lipinski definition) is 1. The number of aromatic nitrogens is 4. The topological polar surface area (TPSA) is 166 Å². The van der Waals surface area contributed by atoms with Gasteiger partial charge in [0.1, 0.15) is 6.61 Å². The molecule has 0 atom stereocenters. The third-order valence-corrected chi connectivity index (χ3v) is 8.74. The first kappa shape index (κ1) is 39.9. The van der Waals surface area contributed by atoms with E-state index in [0.717, 1.165) is 27.2 Å². The molecule has 15 heteroatoms. The lowest BCUT2D eigenvalue weighted by molar-refractivity contribution is -0.123. The van der Waals surface area contributed by atoms with Crippen LogP contribution in [0.4, 0.5) is 11.9 Å². The van der Waals surface area contributed by atoms with Crippen LogP contribution in [0, 0.1) is 0 Å². The van der Waals surface area contributed by atoms with Crippen LogP contribution in [-0.2, 0) is 14.3 Å². The maximum Gasteiger partial charge on any atom is 0.255 e. The average molecular weight is 777 g/mol. The summed E-state index contributed by atoms with van der Waals surface area (Å²) < 4.78 is 39.6. The number of hydrogen-bond acceptors (Lipinski definition) is 13. The second kappa shape index (κ2) is 17.8. The first-order valence-corrected chi connectivity index (χ1v) is 18.0. The summed E-state index contributed by atoms with van der Waals surface area (Å²) in [7, 11) is 7.88. The molecule has 0 fully saturated rings. The third-order valence-electron chi connectivity index (χ3n) is 8.74. The number of methoxy groups -OCH3 is 5. The Kier molecular flexibility index (Phi) is 12.5. The Bertz CT molecular complexity index is 2420. The average Bonchev–Trinajstić information content (AvgIpc) is 3.22. The number of rotatable bonds is 16. The van der Waals surface area contributed by atoms with Crippen molar-refractivity contribution in [3.05, 3.63) is 72.8 Å². The Morgan fingerprint density at radius 1 is 0.614 bits per heavy atom. The summed E-state index contributed by atoms with van der Waals surface area (Å²) >= 11 is 0. The first-order chi connectivity index (χ1) is 27.6. The number of ether oxygens (including phenoxy) is 7. The number of anilines is 2. The number of nitrogens with zero attached hydrogens (tertiary/aromatic N) is 5. The maximum absolute atomic E-state index is 14.1. The van der Waals surface area contributed by atoms with E-state index in [0.29, 0.717) is 44.8 Å². The fourth-order valence-electron chi connectivity index (χ4n) is 6.00. The molecule has 6 aromatic rings. The molecule has 0 saturated carbocycles. The molecule has 0 radical (unpaired) electrons. The van der Waals surface area contributed by atoms with E-state index in [1.54, 1.807) is 41.6 Å². The van der Waals surface area contributed by atoms with Gasteiger partial charge in [-0.3, -0.25) is 9.59 Å². The molecule has 0 aliphatic rings. The summed E-state index contributed by atoms with van der Waals surface area (Å²) in [6.07, 6.45) is -0.290. The lowest BCUT2D eigenvalue weighted by atomic mass is 10.0. The lowest BCUT2D eigenvalue weighted by Crippen LogP contribution is -2.38. The zero-order valence-electron chi connectivity index (χ0n) is 33.0. The van der Waals surface area contributed by atoms with Gasteiger partial charge in [-0.15, -0.1) is 0 Å². The predicted molar refractivity (Wildman–Crippen MR) is 215 cm³/mol. The van der Waals surface area contributed by atoms with Crippen LogP contribution in [0.3, 0.4) is 0 Å². The Morgan fingerprint density at radius 3 is 1.56 bits per heavy atom. The highest BCUT2D eigenvalue weighted by Crippen LogP contribution is 2.38. The van der Waals surface area contributed by atoms with Crippen molar-refractivity contribution in [3.63, 3.8) is 0 Å². The predicted octanol–water partition coefficient (Wildman–Crippen LogP) is 6.55. The fourth-order valence-corrected chi connectivity index (χ4v) is 6.00. The normalized spacial score (nSPS) is 11.0. The molecule has 2 heterocycles. The highest BCUT2D eigenvalue weighted by atomic mass is 16.5. The van der Waals surface area contributed by atoms with Crippen LogP contribution in [0.1, 0.15) is 20.8 Å². The summed E-state index contributed by atoms with van der Waals surface area (Å²) in [5, 5.41) is 3.74. The third kappa shape index (κ3) is 8.89. The SMILES string of the molecule is COCCOc1nc(N(C(=O)CNC(C)=O)c2nc(OC(C)C)c3cc(-c4ccc(OC)c(OC)c4)ccc3n2)nc2ccc(-c3ccc(OC)c(OC)c3)cc12. The van der Waals surface area contributed by atoms with Crippen LogP contribution in [-0.4, -0.2) is 93.2 Å². The van der Waals surface area contributed by atoms with E-state index < -0.39 is 18.4 Å². The van der Waals surface area contributed by atoms with E-state index in [1.165, 1.54) is 6.92 Å². The largest absolute Gasteiger partial charge is 0.493 e. The second-order valence-electron chi connectivity index (χ2n) is 12.9. The molecule has 6 rings (SSSR count). The molecule has 0 aliphatic heterocycles. The van der Waals surface area contributed by atoms with Crippen molar-refractivity contribution in [2.75, 3.05) is 60.2 Å². The van der Waals surface area contributed by atoms with Gasteiger partial charge in [-0.1, -0.05) is 24.3 Å². The summed E-state index contributed by atoms with van der Waals surface area (Å²) in [6.45, 7) is 5.10. The number of carbonyl (C=O) groups excluding carboxylic acids is 2. The van der Waals surface area contributed by atoms with Gasteiger partial charge in [-0.05, 0) is 84.6 Å². The van der Waals surface area contributed by atoms with Gasteiger partial charge in [0.05, 0.1) is 69.5 Å². The molecular formula is C42H44N6O9. The number of amides is 2. The van der Waals surface area contributed by atoms with Crippen molar-refractivity contribution in [2.24, 2.45) is 0 Å². The summed E-state index contributed by atoms with van der Waals surface area (Å²) in [5.41, 5.74) is 4.33. The maximum atomic E-state index is 14.1. The molecule has 1 N–H and O–H groups in total. The van der Waals surface area contributed by atoms with Crippen molar-refractivity contribution in [2.45, 2.75) is 26.9 Å². The standard InChI is InChI=1S/C42H44N6O9/c1-24(2)57-40-31-20-27(29-12-16-35(53-6)37(22-29)55-8)10-14-33(31)45-42(47-40)48(38(50)23-43-25(3)49)41-44-32-13-9-26(19-30(32)39(46-41)56-18-17-51-4)28-11-15-34(52-5)36(21-28)54-7/h9-16,19-22,24H,17-18,23H2,1-8H3,(H,43,49). The van der Waals surface area contributed by atoms with E-state index in [9.17, 15) is 9.59 Å². The van der Waals surface area contributed by atoms with Gasteiger partial charge in [-0.2, -0.15) is 9.97 Å². The molecule has 2 aromatic heterocycles. The molecule has 296 valence electrons. The summed E-state index contributed by atoms with van der Waals surface area (Å²) in [4.78, 5) is 46.5. The summed E-state index contributed by atoms with van der Waals surface area (Å²) in [6, 6.07) is 22.4. The molecule has 4 aromatic carbocycles. The quantitative estimate of drug-likeness (QED) is 0.105. The minimum absolute atomic E-state index is 0.0727. The van der Waals surface area contributed by atoms with Crippen molar-refractivity contribution in [1.29, 1.82) is 0 Å². The van der Waals surface area contributed by atoms with Gasteiger partial charge in [-0.25, -0.2) is 14.9 Å². The molecule has 0 saturated heterocycles. The number of nitrogens with one attached hydrogen (secondary N) is 1. The minimum atomic E-state index is -0.605. The van der Waals surface area contributed by atoms with Crippen LogP contribution >= 0.6 is 0 Å². The number of fused-ring (bicyclic) bond motifs is 2. The van der Waals surface area contributed by atoms with Gasteiger partial charge in [0.2, 0.25) is 29.6 Å². The molecule has 0 unspecified atom stereocenters. The smallest absolute Gasteiger partial charge is 0.255 e. The van der Waals surface area contributed by atoms with E-state index in [2.05, 4.69) is 5.32 Å². The molecule has 0 spiro atoms. The van der Waals surface area contributed by atoms with E-state index in [1.807, 2.05) is 80.6 Å². The van der Waals surface area contributed by atoms with Crippen molar-refractivity contribution < 1.29 is 42.7 Å². The van der Waals surface area contributed by atoms with Crippen LogP contribution in [0.2, 0.25) is 0 Å². The Morgan fingerprint density at radius 2 is 1.09 bits per heavy atom. The van der Waals surface area contributed by atoms with Crippen molar-refractivity contribution in [1.82, 2.24) is 25.3 Å². The Balaban J connectivity index is 1.51. The number of carbonyl (C=O) groups is 2.